The van der Waals surface area contributed by atoms with E-state index in [0.717, 1.165) is 71.1 Å². The summed E-state index contributed by atoms with van der Waals surface area (Å²) in [5.41, 5.74) is 0.189. The molecule has 3 heterocycles. The topological polar surface area (TPSA) is 65.1 Å². The summed E-state index contributed by atoms with van der Waals surface area (Å²) in [7, 11) is 0. The monoisotopic (exact) mass is 406 g/mol. The predicted molar refractivity (Wildman–Crippen MR) is 112 cm³/mol. The number of nitrogens with zero attached hydrogens (tertiary/aromatic N) is 3. The first-order valence-electron chi connectivity index (χ1n) is 11.8. The van der Waals surface area contributed by atoms with Crippen LogP contribution < -0.4 is 5.32 Å². The molecule has 3 amide bonds. The van der Waals surface area contributed by atoms with Crippen LogP contribution in [0.1, 0.15) is 71.6 Å². The van der Waals surface area contributed by atoms with Crippen molar-refractivity contribution in [3.05, 3.63) is 0 Å². The Balaban J connectivity index is 1.34. The van der Waals surface area contributed by atoms with Crippen molar-refractivity contribution in [1.82, 2.24) is 20.0 Å². The molecule has 0 unspecified atom stereocenters. The maximum Gasteiger partial charge on any atom is 0.409 e. The van der Waals surface area contributed by atoms with Gasteiger partial charge in [0.05, 0.1) is 18.7 Å². The molecule has 2 atom stereocenters. The molecule has 0 aromatic heterocycles. The standard InChI is InChI=1S/C22H38N4O3/c1-3-22(11-15-24(16-12-22)21(28)29-4-2)25-13-9-17(10-14-25)26-19-8-6-5-7-18(19)23-20(26)27/h17-19H,3-16H2,1-2H3,(H,23,27)/t18-,19-/m0/s1. The Morgan fingerprint density at radius 1 is 1.07 bits per heavy atom. The molecule has 0 spiro atoms. The van der Waals surface area contributed by atoms with Crippen LogP contribution in [0.4, 0.5) is 9.59 Å². The van der Waals surface area contributed by atoms with E-state index in [1.54, 1.807) is 0 Å². The lowest BCUT2D eigenvalue weighted by Gasteiger charge is -2.51. The summed E-state index contributed by atoms with van der Waals surface area (Å²) in [6, 6.07) is 1.35. The molecule has 3 aliphatic heterocycles. The van der Waals surface area contributed by atoms with Crippen molar-refractivity contribution in [3.8, 4) is 0 Å². The van der Waals surface area contributed by atoms with Gasteiger partial charge < -0.3 is 19.9 Å². The van der Waals surface area contributed by atoms with Crippen molar-refractivity contribution in [2.75, 3.05) is 32.8 Å². The molecule has 1 N–H and O–H groups in total. The molecule has 0 bridgehead atoms. The second-order valence-corrected chi connectivity index (χ2v) is 9.30. The molecule has 29 heavy (non-hydrogen) atoms. The normalized spacial score (nSPS) is 30.8. The summed E-state index contributed by atoms with van der Waals surface area (Å²) in [4.78, 5) is 31.4. The van der Waals surface area contributed by atoms with E-state index < -0.39 is 0 Å². The van der Waals surface area contributed by atoms with E-state index in [0.29, 0.717) is 24.7 Å². The average Bonchev–Trinajstić information content (AvgIpc) is 3.10. The van der Waals surface area contributed by atoms with E-state index in [1.807, 2.05) is 11.8 Å². The number of hydrogen-bond acceptors (Lipinski definition) is 4. The van der Waals surface area contributed by atoms with Gasteiger partial charge in [-0.3, -0.25) is 4.90 Å². The molecule has 7 nitrogen and oxygen atoms in total. The highest BCUT2D eigenvalue weighted by molar-refractivity contribution is 5.78. The Morgan fingerprint density at radius 3 is 2.41 bits per heavy atom. The van der Waals surface area contributed by atoms with Crippen molar-refractivity contribution < 1.29 is 14.3 Å². The van der Waals surface area contributed by atoms with Crippen LogP contribution in [-0.4, -0.2) is 83.3 Å². The minimum Gasteiger partial charge on any atom is -0.450 e. The largest absolute Gasteiger partial charge is 0.450 e. The summed E-state index contributed by atoms with van der Waals surface area (Å²) >= 11 is 0. The van der Waals surface area contributed by atoms with Crippen molar-refractivity contribution in [1.29, 1.82) is 0 Å². The number of ether oxygens (including phenoxy) is 1. The molecule has 4 fully saturated rings. The van der Waals surface area contributed by atoms with E-state index in [2.05, 4.69) is 22.0 Å². The lowest BCUT2D eigenvalue weighted by molar-refractivity contribution is -0.0111. The van der Waals surface area contributed by atoms with Gasteiger partial charge in [0.25, 0.3) is 0 Å². The van der Waals surface area contributed by atoms with Crippen LogP contribution in [0.3, 0.4) is 0 Å². The third-order valence-electron chi connectivity index (χ3n) is 8.04. The van der Waals surface area contributed by atoms with Crippen molar-refractivity contribution in [2.45, 2.75) is 95.3 Å². The number of carbonyl (C=O) groups excluding carboxylic acids is 2. The van der Waals surface area contributed by atoms with Crippen LogP contribution in [0.25, 0.3) is 0 Å². The zero-order valence-corrected chi connectivity index (χ0v) is 18.2. The van der Waals surface area contributed by atoms with E-state index in [-0.39, 0.29) is 17.7 Å². The van der Waals surface area contributed by atoms with Crippen molar-refractivity contribution >= 4 is 12.1 Å². The summed E-state index contributed by atoms with van der Waals surface area (Å²) in [5, 5.41) is 3.25. The Hall–Kier alpha value is -1.50. The van der Waals surface area contributed by atoms with Gasteiger partial charge in [-0.25, -0.2) is 9.59 Å². The van der Waals surface area contributed by atoms with Crippen LogP contribution >= 0.6 is 0 Å². The number of amides is 3. The van der Waals surface area contributed by atoms with Crippen molar-refractivity contribution in [3.63, 3.8) is 0 Å². The van der Waals surface area contributed by atoms with Gasteiger partial charge in [0, 0.05) is 37.8 Å². The number of carbonyl (C=O) groups is 2. The Labute approximate surface area is 175 Å². The molecule has 0 aromatic rings. The highest BCUT2D eigenvalue weighted by atomic mass is 16.6. The number of likely N-dealkylation sites (tertiary alicyclic amines) is 2. The minimum atomic E-state index is -0.169. The maximum absolute atomic E-state index is 12.6. The molecule has 0 radical (unpaired) electrons. The second kappa shape index (κ2) is 8.70. The number of hydrogen-bond donors (Lipinski definition) is 1. The highest BCUT2D eigenvalue weighted by Crippen LogP contribution is 2.37. The molecule has 4 aliphatic rings. The molecule has 1 saturated carbocycles. The second-order valence-electron chi connectivity index (χ2n) is 9.30. The van der Waals surface area contributed by atoms with Gasteiger partial charge in [-0.1, -0.05) is 19.8 Å². The Morgan fingerprint density at radius 2 is 1.76 bits per heavy atom. The summed E-state index contributed by atoms with van der Waals surface area (Å²) < 4.78 is 5.18. The average molecular weight is 407 g/mol. The lowest BCUT2D eigenvalue weighted by atomic mass is 9.81. The molecule has 164 valence electrons. The van der Waals surface area contributed by atoms with Gasteiger partial charge in [-0.15, -0.1) is 0 Å². The van der Waals surface area contributed by atoms with Crippen LogP contribution in [0.15, 0.2) is 0 Å². The fraction of sp³-hybridized carbons (Fsp3) is 0.909. The number of fused-ring (bicyclic) bond motifs is 1. The van der Waals surface area contributed by atoms with Crippen LogP contribution in [-0.2, 0) is 4.74 Å². The highest BCUT2D eigenvalue weighted by Gasteiger charge is 2.46. The molecule has 3 saturated heterocycles. The maximum atomic E-state index is 12.6. The number of nitrogens with one attached hydrogen (secondary N) is 1. The number of piperidine rings is 2. The molecule has 1 aliphatic carbocycles. The van der Waals surface area contributed by atoms with Gasteiger partial charge in [0.15, 0.2) is 0 Å². The fourth-order valence-electron chi connectivity index (χ4n) is 6.27. The van der Waals surface area contributed by atoms with Gasteiger partial charge in [-0.05, 0) is 51.9 Å². The fourth-order valence-corrected chi connectivity index (χ4v) is 6.27. The molecule has 7 heteroatoms. The van der Waals surface area contributed by atoms with Gasteiger partial charge in [0.2, 0.25) is 0 Å². The van der Waals surface area contributed by atoms with Crippen LogP contribution in [0.5, 0.6) is 0 Å². The lowest BCUT2D eigenvalue weighted by Crippen LogP contribution is -2.60. The first-order chi connectivity index (χ1) is 14.1. The number of rotatable bonds is 4. The summed E-state index contributed by atoms with van der Waals surface area (Å²) in [6.07, 6.45) is 9.91. The quantitative estimate of drug-likeness (QED) is 0.779. The Bertz CT molecular complexity index is 597. The van der Waals surface area contributed by atoms with Crippen LogP contribution in [0, 0.1) is 0 Å². The summed E-state index contributed by atoms with van der Waals surface area (Å²) in [6.45, 7) is 8.26. The first kappa shape index (κ1) is 20.8. The van der Waals surface area contributed by atoms with E-state index >= 15 is 0 Å². The van der Waals surface area contributed by atoms with Gasteiger partial charge in [-0.2, -0.15) is 0 Å². The van der Waals surface area contributed by atoms with Crippen molar-refractivity contribution in [2.24, 2.45) is 0 Å². The zero-order valence-electron chi connectivity index (χ0n) is 18.2. The van der Waals surface area contributed by atoms with E-state index in [1.165, 1.54) is 12.8 Å². The SMILES string of the molecule is CCOC(=O)N1CCC(CC)(N2CCC(N3C(=O)N[C@H]4CCCC[C@@H]43)CC2)CC1. The minimum absolute atomic E-state index is 0.169. The zero-order chi connectivity index (χ0) is 20.4. The molecule has 4 rings (SSSR count). The first-order valence-corrected chi connectivity index (χ1v) is 11.8. The third-order valence-corrected chi connectivity index (χ3v) is 8.04. The predicted octanol–water partition coefficient (Wildman–Crippen LogP) is 3.19. The van der Waals surface area contributed by atoms with Gasteiger partial charge >= 0.3 is 12.1 Å². The van der Waals surface area contributed by atoms with Gasteiger partial charge in [0.1, 0.15) is 0 Å². The molecular formula is C22H38N4O3. The molecular weight excluding hydrogens is 368 g/mol. The van der Waals surface area contributed by atoms with E-state index in [4.69, 9.17) is 4.74 Å². The molecule has 0 aromatic carbocycles. The number of urea groups is 1. The van der Waals surface area contributed by atoms with E-state index in [9.17, 15) is 9.59 Å². The smallest absolute Gasteiger partial charge is 0.409 e. The van der Waals surface area contributed by atoms with Crippen LogP contribution in [0.2, 0.25) is 0 Å². The third kappa shape index (κ3) is 3.94. The Kier molecular flexibility index (Phi) is 6.23. The summed E-state index contributed by atoms with van der Waals surface area (Å²) in [5.74, 6) is 0.